The van der Waals surface area contributed by atoms with Crippen LogP contribution in [0.2, 0.25) is 5.02 Å². The van der Waals surface area contributed by atoms with Crippen molar-refractivity contribution >= 4 is 17.6 Å². The minimum Gasteiger partial charge on any atom is -0.506 e. The highest BCUT2D eigenvalue weighted by Crippen LogP contribution is 2.52. The fourth-order valence-electron chi connectivity index (χ4n) is 1.89. The van der Waals surface area contributed by atoms with E-state index in [1.165, 1.54) is 12.1 Å². The van der Waals surface area contributed by atoms with Crippen molar-refractivity contribution in [2.75, 3.05) is 0 Å². The van der Waals surface area contributed by atoms with Gasteiger partial charge in [-0.1, -0.05) is 11.6 Å². The molecule has 1 aromatic rings. The molecule has 5 heteroatoms. The number of carboxylic acid groups (broad SMARTS) is 1. The number of hydrogen-bond acceptors (Lipinski definition) is 2. The van der Waals surface area contributed by atoms with Crippen molar-refractivity contribution in [3.05, 3.63) is 28.5 Å². The topological polar surface area (TPSA) is 57.5 Å². The van der Waals surface area contributed by atoms with Crippen LogP contribution in [0.3, 0.4) is 0 Å². The number of phenolic OH excluding ortho intramolecular Hbond substituents is 1. The van der Waals surface area contributed by atoms with Crippen molar-refractivity contribution in [2.45, 2.75) is 24.7 Å². The Balaban J connectivity index is 2.38. The summed E-state index contributed by atoms with van der Waals surface area (Å²) < 4.78 is 13.3. The Hall–Kier alpha value is -1.29. The molecule has 1 aliphatic rings. The summed E-state index contributed by atoms with van der Waals surface area (Å²) in [5.74, 6) is -1.98. The third kappa shape index (κ3) is 1.85. The number of hydrogen-bond donors (Lipinski definition) is 2. The number of carboxylic acids is 1. The van der Waals surface area contributed by atoms with Gasteiger partial charge in [0.25, 0.3) is 0 Å². The summed E-state index contributed by atoms with van der Waals surface area (Å²) in [5.41, 5.74) is -0.0105. The third-order valence-electron chi connectivity index (χ3n) is 2.96. The minimum absolute atomic E-state index is 0.0481. The molecule has 0 amide bonds. The number of halogens is 2. The third-order valence-corrected chi connectivity index (χ3v) is 3.34. The molecule has 0 bridgehead atoms. The zero-order valence-corrected chi connectivity index (χ0v) is 9.09. The second-order valence-electron chi connectivity index (χ2n) is 4.14. The maximum Gasteiger partial charge on any atom is 0.304 e. The summed E-state index contributed by atoms with van der Waals surface area (Å²) in [6.07, 6.45) is 1.34. The molecule has 16 heavy (non-hydrogen) atoms. The van der Waals surface area contributed by atoms with Crippen molar-refractivity contribution < 1.29 is 19.4 Å². The van der Waals surface area contributed by atoms with E-state index in [-0.39, 0.29) is 17.2 Å². The average Bonchev–Trinajstić information content (AvgIpc) is 2.93. The van der Waals surface area contributed by atoms with E-state index in [9.17, 15) is 14.3 Å². The molecule has 3 nitrogen and oxygen atoms in total. The molecule has 0 aliphatic heterocycles. The molecular formula is C11H10ClFO3. The maximum absolute atomic E-state index is 13.3. The van der Waals surface area contributed by atoms with Crippen LogP contribution in [0.4, 0.5) is 4.39 Å². The Morgan fingerprint density at radius 1 is 1.50 bits per heavy atom. The molecule has 0 aromatic heterocycles. The van der Waals surface area contributed by atoms with Crippen LogP contribution < -0.4 is 0 Å². The molecular weight excluding hydrogens is 235 g/mol. The quantitative estimate of drug-likeness (QED) is 0.860. The van der Waals surface area contributed by atoms with Crippen molar-refractivity contribution in [2.24, 2.45) is 0 Å². The highest BCUT2D eigenvalue weighted by molar-refractivity contribution is 6.32. The normalized spacial score (nSPS) is 17.1. The predicted octanol–water partition coefficient (Wildman–Crippen LogP) is 2.69. The second kappa shape index (κ2) is 3.63. The fraction of sp³-hybridized carbons (Fsp3) is 0.364. The Bertz CT molecular complexity index is 432. The number of benzene rings is 1. The Labute approximate surface area is 96.5 Å². The number of phenols is 1. The van der Waals surface area contributed by atoms with Crippen molar-refractivity contribution in [1.82, 2.24) is 0 Å². The van der Waals surface area contributed by atoms with Crippen LogP contribution in [0.15, 0.2) is 12.1 Å². The zero-order valence-electron chi connectivity index (χ0n) is 8.33. The van der Waals surface area contributed by atoms with Gasteiger partial charge in [0.1, 0.15) is 16.6 Å². The standard InChI is InChI=1S/C11H10ClFO3/c12-10-7(13)3-6(4-8(10)14)11(1-2-11)5-9(15)16/h3-4,14H,1-2,5H2,(H,15,16). The van der Waals surface area contributed by atoms with E-state index in [0.29, 0.717) is 18.4 Å². The van der Waals surface area contributed by atoms with Gasteiger partial charge in [0.05, 0.1) is 6.42 Å². The van der Waals surface area contributed by atoms with Gasteiger partial charge < -0.3 is 10.2 Å². The molecule has 2 rings (SSSR count). The lowest BCUT2D eigenvalue weighted by molar-refractivity contribution is -0.137. The van der Waals surface area contributed by atoms with Gasteiger partial charge in [0.15, 0.2) is 0 Å². The van der Waals surface area contributed by atoms with Crippen LogP contribution in [-0.4, -0.2) is 16.2 Å². The fourth-order valence-corrected chi connectivity index (χ4v) is 2.00. The molecule has 1 fully saturated rings. The average molecular weight is 245 g/mol. The van der Waals surface area contributed by atoms with Crippen LogP contribution in [0, 0.1) is 5.82 Å². The van der Waals surface area contributed by atoms with Crippen molar-refractivity contribution in [3.8, 4) is 5.75 Å². The highest BCUT2D eigenvalue weighted by Gasteiger charge is 2.46. The molecule has 0 saturated heterocycles. The van der Waals surface area contributed by atoms with Crippen LogP contribution in [0.1, 0.15) is 24.8 Å². The summed E-state index contributed by atoms with van der Waals surface area (Å²) >= 11 is 5.48. The molecule has 0 radical (unpaired) electrons. The van der Waals surface area contributed by atoms with E-state index < -0.39 is 17.2 Å². The first-order chi connectivity index (χ1) is 7.44. The number of aliphatic carboxylic acids is 1. The van der Waals surface area contributed by atoms with Gasteiger partial charge in [-0.25, -0.2) is 4.39 Å². The SMILES string of the molecule is O=C(O)CC1(c2cc(O)c(Cl)c(F)c2)CC1. The van der Waals surface area contributed by atoms with Crippen LogP contribution in [-0.2, 0) is 10.2 Å². The Morgan fingerprint density at radius 2 is 2.12 bits per heavy atom. The lowest BCUT2D eigenvalue weighted by atomic mass is 9.92. The van der Waals surface area contributed by atoms with E-state index in [0.717, 1.165) is 0 Å². The van der Waals surface area contributed by atoms with E-state index in [4.69, 9.17) is 16.7 Å². The van der Waals surface area contributed by atoms with Crippen LogP contribution >= 0.6 is 11.6 Å². The first-order valence-electron chi connectivity index (χ1n) is 4.85. The summed E-state index contributed by atoms with van der Waals surface area (Å²) in [7, 11) is 0. The van der Waals surface area contributed by atoms with Crippen molar-refractivity contribution in [1.29, 1.82) is 0 Å². The van der Waals surface area contributed by atoms with Gasteiger partial charge >= 0.3 is 5.97 Å². The Kier molecular flexibility index (Phi) is 2.54. The van der Waals surface area contributed by atoms with Gasteiger partial charge in [0.2, 0.25) is 0 Å². The monoisotopic (exact) mass is 244 g/mol. The van der Waals surface area contributed by atoms with Crippen molar-refractivity contribution in [3.63, 3.8) is 0 Å². The van der Waals surface area contributed by atoms with Gasteiger partial charge in [-0.05, 0) is 30.5 Å². The molecule has 0 atom stereocenters. The number of carbonyl (C=O) groups is 1. The van der Waals surface area contributed by atoms with Gasteiger partial charge in [-0.2, -0.15) is 0 Å². The minimum atomic E-state index is -0.924. The molecule has 0 unspecified atom stereocenters. The molecule has 1 aliphatic carbocycles. The molecule has 1 saturated carbocycles. The summed E-state index contributed by atoms with van der Waals surface area (Å²) in [5, 5.41) is 17.8. The second-order valence-corrected chi connectivity index (χ2v) is 4.52. The molecule has 0 spiro atoms. The lowest BCUT2D eigenvalue weighted by Crippen LogP contribution is -2.13. The van der Waals surface area contributed by atoms with Gasteiger partial charge in [-0.15, -0.1) is 0 Å². The summed E-state index contributed by atoms with van der Waals surface area (Å²) in [4.78, 5) is 10.7. The van der Waals surface area contributed by atoms with Gasteiger partial charge in [0, 0.05) is 5.41 Å². The maximum atomic E-state index is 13.3. The molecule has 0 heterocycles. The predicted molar refractivity (Wildman–Crippen MR) is 56.2 cm³/mol. The summed E-state index contributed by atoms with van der Waals surface area (Å²) in [6, 6.07) is 2.55. The largest absolute Gasteiger partial charge is 0.506 e. The lowest BCUT2D eigenvalue weighted by Gasteiger charge is -2.14. The van der Waals surface area contributed by atoms with Crippen LogP contribution in [0.5, 0.6) is 5.75 Å². The molecule has 1 aromatic carbocycles. The van der Waals surface area contributed by atoms with Gasteiger partial charge in [-0.3, -0.25) is 4.79 Å². The highest BCUT2D eigenvalue weighted by atomic mass is 35.5. The zero-order chi connectivity index (χ0) is 11.9. The first-order valence-corrected chi connectivity index (χ1v) is 5.23. The van der Waals surface area contributed by atoms with E-state index >= 15 is 0 Å². The molecule has 2 N–H and O–H groups in total. The summed E-state index contributed by atoms with van der Waals surface area (Å²) in [6.45, 7) is 0. The number of rotatable bonds is 3. The smallest absolute Gasteiger partial charge is 0.304 e. The first kappa shape index (κ1) is 11.2. The van der Waals surface area contributed by atoms with Crippen LogP contribution in [0.25, 0.3) is 0 Å². The van der Waals surface area contributed by atoms with E-state index in [1.54, 1.807) is 0 Å². The van der Waals surface area contributed by atoms with E-state index in [1.807, 2.05) is 0 Å². The number of aromatic hydroxyl groups is 1. The Morgan fingerprint density at radius 3 is 2.56 bits per heavy atom. The van der Waals surface area contributed by atoms with E-state index in [2.05, 4.69) is 0 Å². The molecule has 86 valence electrons.